The Labute approximate surface area is 179 Å². The van der Waals surface area contributed by atoms with Gasteiger partial charge in [-0.05, 0) is 38.8 Å². The number of hydrogen-bond acceptors (Lipinski definition) is 8. The summed E-state index contributed by atoms with van der Waals surface area (Å²) >= 11 is 0. The van der Waals surface area contributed by atoms with Crippen molar-refractivity contribution in [2.45, 2.75) is 32.7 Å². The molecule has 1 aromatic carbocycles. The molecule has 4 rings (SSSR count). The van der Waals surface area contributed by atoms with Crippen molar-refractivity contribution in [3.05, 3.63) is 30.3 Å². The lowest BCUT2D eigenvalue weighted by Crippen LogP contribution is -2.49. The molecular formula is C22H33N7O. The van der Waals surface area contributed by atoms with Gasteiger partial charge >= 0.3 is 0 Å². The molecular weight excluding hydrogens is 378 g/mol. The number of morpholine rings is 1. The van der Waals surface area contributed by atoms with Gasteiger partial charge in [-0.25, -0.2) is 0 Å². The minimum absolute atomic E-state index is 0.600. The highest BCUT2D eigenvalue weighted by molar-refractivity contribution is 5.56. The lowest BCUT2D eigenvalue weighted by molar-refractivity contribution is 0.0114. The maximum absolute atomic E-state index is 5.51. The van der Waals surface area contributed by atoms with Crippen molar-refractivity contribution in [1.29, 1.82) is 0 Å². The van der Waals surface area contributed by atoms with Gasteiger partial charge in [-0.3, -0.25) is 4.90 Å². The van der Waals surface area contributed by atoms with Gasteiger partial charge in [0.15, 0.2) is 0 Å². The molecule has 30 heavy (non-hydrogen) atoms. The third-order valence-corrected chi connectivity index (χ3v) is 6.00. The summed E-state index contributed by atoms with van der Waals surface area (Å²) in [4.78, 5) is 21.4. The van der Waals surface area contributed by atoms with Crippen LogP contribution in [0.5, 0.6) is 0 Å². The Hall–Kier alpha value is -2.45. The van der Waals surface area contributed by atoms with Gasteiger partial charge < -0.3 is 19.9 Å². The lowest BCUT2D eigenvalue weighted by Gasteiger charge is -2.40. The minimum atomic E-state index is 0.600. The molecule has 2 aliphatic heterocycles. The van der Waals surface area contributed by atoms with E-state index < -0.39 is 0 Å². The van der Waals surface area contributed by atoms with Crippen molar-refractivity contribution in [3.8, 4) is 0 Å². The van der Waals surface area contributed by atoms with Crippen LogP contribution in [-0.2, 0) is 4.74 Å². The molecule has 2 aromatic rings. The SMILES string of the molecule is CCN(CC)c1nc(Nc2ccccc2)nc(N2CCC(N3CCOCC3)CC2)n1. The fraction of sp³-hybridized carbons (Fsp3) is 0.591. The smallest absolute Gasteiger partial charge is 0.233 e. The highest BCUT2D eigenvalue weighted by atomic mass is 16.5. The minimum Gasteiger partial charge on any atom is -0.379 e. The molecule has 0 saturated carbocycles. The van der Waals surface area contributed by atoms with E-state index in [2.05, 4.69) is 33.9 Å². The molecule has 8 nitrogen and oxygen atoms in total. The zero-order chi connectivity index (χ0) is 20.8. The maximum Gasteiger partial charge on any atom is 0.233 e. The lowest BCUT2D eigenvalue weighted by atomic mass is 10.0. The van der Waals surface area contributed by atoms with E-state index >= 15 is 0 Å². The second kappa shape index (κ2) is 10.0. The Morgan fingerprint density at radius 3 is 2.33 bits per heavy atom. The van der Waals surface area contributed by atoms with E-state index in [-0.39, 0.29) is 0 Å². The Bertz CT molecular complexity index is 785. The van der Waals surface area contributed by atoms with Gasteiger partial charge in [0, 0.05) is 51.0 Å². The number of anilines is 4. The summed E-state index contributed by atoms with van der Waals surface area (Å²) in [5, 5.41) is 3.35. The third kappa shape index (κ3) is 4.99. The van der Waals surface area contributed by atoms with Crippen molar-refractivity contribution in [3.63, 3.8) is 0 Å². The largest absolute Gasteiger partial charge is 0.379 e. The van der Waals surface area contributed by atoms with Crippen molar-refractivity contribution >= 4 is 23.5 Å². The predicted molar refractivity (Wildman–Crippen MR) is 121 cm³/mol. The van der Waals surface area contributed by atoms with Gasteiger partial charge in [-0.15, -0.1) is 0 Å². The number of rotatable bonds is 7. The van der Waals surface area contributed by atoms with Crippen LogP contribution in [0.2, 0.25) is 0 Å². The first-order chi connectivity index (χ1) is 14.8. The molecule has 2 fully saturated rings. The highest BCUT2D eigenvalue weighted by Crippen LogP contribution is 2.24. The number of benzene rings is 1. The van der Waals surface area contributed by atoms with E-state index in [1.165, 1.54) is 0 Å². The first kappa shape index (κ1) is 20.8. The van der Waals surface area contributed by atoms with Crippen molar-refractivity contribution in [1.82, 2.24) is 19.9 Å². The van der Waals surface area contributed by atoms with Crippen LogP contribution >= 0.6 is 0 Å². The van der Waals surface area contributed by atoms with Crippen LogP contribution < -0.4 is 15.1 Å². The molecule has 1 N–H and O–H groups in total. The number of hydrogen-bond donors (Lipinski definition) is 1. The molecule has 0 radical (unpaired) electrons. The molecule has 0 unspecified atom stereocenters. The fourth-order valence-electron chi connectivity index (χ4n) is 4.22. The average Bonchev–Trinajstić information content (AvgIpc) is 2.81. The van der Waals surface area contributed by atoms with E-state index in [1.807, 2.05) is 30.3 Å². The summed E-state index contributed by atoms with van der Waals surface area (Å²) < 4.78 is 5.51. The average molecular weight is 412 g/mol. The number of ether oxygens (including phenoxy) is 1. The second-order valence-electron chi connectivity index (χ2n) is 7.79. The van der Waals surface area contributed by atoms with Crippen LogP contribution in [0.15, 0.2) is 30.3 Å². The summed E-state index contributed by atoms with van der Waals surface area (Å²) in [7, 11) is 0. The number of nitrogens with zero attached hydrogens (tertiary/aromatic N) is 6. The van der Waals surface area contributed by atoms with Gasteiger partial charge in [0.1, 0.15) is 0 Å². The van der Waals surface area contributed by atoms with Crippen LogP contribution in [0.3, 0.4) is 0 Å². The Balaban J connectivity index is 1.51. The van der Waals surface area contributed by atoms with Gasteiger partial charge in [0.05, 0.1) is 13.2 Å². The molecule has 0 aliphatic carbocycles. The zero-order valence-corrected chi connectivity index (χ0v) is 18.1. The third-order valence-electron chi connectivity index (χ3n) is 6.00. The molecule has 0 spiro atoms. The molecule has 2 aliphatic rings. The first-order valence-corrected chi connectivity index (χ1v) is 11.2. The van der Waals surface area contributed by atoms with Crippen LogP contribution in [-0.4, -0.2) is 78.4 Å². The maximum atomic E-state index is 5.51. The molecule has 0 amide bonds. The Morgan fingerprint density at radius 2 is 1.67 bits per heavy atom. The topological polar surface area (TPSA) is 69.7 Å². The number of aromatic nitrogens is 3. The fourth-order valence-corrected chi connectivity index (χ4v) is 4.22. The van der Waals surface area contributed by atoms with E-state index in [0.29, 0.717) is 12.0 Å². The molecule has 1 aromatic heterocycles. The van der Waals surface area contributed by atoms with E-state index in [0.717, 1.165) is 82.9 Å². The van der Waals surface area contributed by atoms with Crippen LogP contribution in [0.25, 0.3) is 0 Å². The van der Waals surface area contributed by atoms with Crippen molar-refractivity contribution in [2.24, 2.45) is 0 Å². The van der Waals surface area contributed by atoms with Crippen molar-refractivity contribution in [2.75, 3.05) is 67.6 Å². The second-order valence-corrected chi connectivity index (χ2v) is 7.79. The summed E-state index contributed by atoms with van der Waals surface area (Å²) in [6.07, 6.45) is 2.27. The normalized spacial score (nSPS) is 18.4. The number of para-hydroxylation sites is 1. The molecule has 0 bridgehead atoms. The molecule has 3 heterocycles. The van der Waals surface area contributed by atoms with Gasteiger partial charge in [0.25, 0.3) is 0 Å². The molecule has 162 valence electrons. The Morgan fingerprint density at radius 1 is 0.967 bits per heavy atom. The Kier molecular flexibility index (Phi) is 6.96. The highest BCUT2D eigenvalue weighted by Gasteiger charge is 2.27. The summed E-state index contributed by atoms with van der Waals surface area (Å²) in [6, 6.07) is 10.7. The zero-order valence-electron chi connectivity index (χ0n) is 18.1. The predicted octanol–water partition coefficient (Wildman–Crippen LogP) is 2.76. The van der Waals surface area contributed by atoms with Crippen LogP contribution in [0.1, 0.15) is 26.7 Å². The standard InChI is InChI=1S/C22H33N7O/c1-3-27(4-2)21-24-20(23-18-8-6-5-7-9-18)25-22(26-21)29-12-10-19(11-13-29)28-14-16-30-17-15-28/h5-9,19H,3-4,10-17H2,1-2H3,(H,23,24,25,26). The summed E-state index contributed by atoms with van der Waals surface area (Å²) in [5.41, 5.74) is 0.978. The van der Waals surface area contributed by atoms with Crippen LogP contribution in [0, 0.1) is 0 Å². The van der Waals surface area contributed by atoms with Gasteiger partial charge in [-0.1, -0.05) is 18.2 Å². The first-order valence-electron chi connectivity index (χ1n) is 11.2. The summed E-state index contributed by atoms with van der Waals surface area (Å²) in [6.45, 7) is 11.7. The number of piperidine rings is 1. The molecule has 8 heteroatoms. The van der Waals surface area contributed by atoms with Gasteiger partial charge in [-0.2, -0.15) is 15.0 Å². The van der Waals surface area contributed by atoms with E-state index in [4.69, 9.17) is 19.7 Å². The number of nitrogens with one attached hydrogen (secondary N) is 1. The van der Waals surface area contributed by atoms with Crippen molar-refractivity contribution < 1.29 is 4.74 Å². The molecule has 2 saturated heterocycles. The quantitative estimate of drug-likeness (QED) is 0.746. The molecule has 0 atom stereocenters. The van der Waals surface area contributed by atoms with Crippen LogP contribution in [0.4, 0.5) is 23.5 Å². The van der Waals surface area contributed by atoms with E-state index in [1.54, 1.807) is 0 Å². The summed E-state index contributed by atoms with van der Waals surface area (Å²) in [5.74, 6) is 2.10. The van der Waals surface area contributed by atoms with E-state index in [9.17, 15) is 0 Å². The monoisotopic (exact) mass is 411 g/mol. The van der Waals surface area contributed by atoms with Gasteiger partial charge in [0.2, 0.25) is 17.8 Å².